The van der Waals surface area contributed by atoms with Crippen molar-refractivity contribution in [3.8, 4) is 0 Å². The standard InChI is InChI=1S/C13H7F5N2O/c14-7-2-1-5(19)3-6(7)13(21)20-12-10(17)8(15)4-9(16)11(12)18/h1-4H,19H2,(H,20,21). The van der Waals surface area contributed by atoms with E-state index in [1.165, 1.54) is 0 Å². The summed E-state index contributed by atoms with van der Waals surface area (Å²) in [5.41, 5.74) is 3.40. The van der Waals surface area contributed by atoms with Crippen LogP contribution in [0.25, 0.3) is 0 Å². The average molecular weight is 302 g/mol. The number of rotatable bonds is 2. The number of benzene rings is 2. The maximum absolute atomic E-state index is 13.4. The summed E-state index contributed by atoms with van der Waals surface area (Å²) in [7, 11) is 0. The lowest BCUT2D eigenvalue weighted by atomic mass is 10.1. The Morgan fingerprint density at radius 3 is 2.05 bits per heavy atom. The number of hydrogen-bond acceptors (Lipinski definition) is 2. The van der Waals surface area contributed by atoms with E-state index in [1.54, 1.807) is 5.32 Å². The second kappa shape index (κ2) is 5.39. The molecular formula is C13H7F5N2O. The third kappa shape index (κ3) is 2.78. The minimum Gasteiger partial charge on any atom is -0.399 e. The van der Waals surface area contributed by atoms with Gasteiger partial charge in [-0.25, -0.2) is 22.0 Å². The first-order valence-electron chi connectivity index (χ1n) is 5.50. The van der Waals surface area contributed by atoms with Crippen molar-refractivity contribution in [3.63, 3.8) is 0 Å². The van der Waals surface area contributed by atoms with Crippen LogP contribution in [0.15, 0.2) is 24.3 Å². The summed E-state index contributed by atoms with van der Waals surface area (Å²) in [5, 5.41) is 1.58. The van der Waals surface area contributed by atoms with Crippen LogP contribution < -0.4 is 11.1 Å². The Kier molecular flexibility index (Phi) is 3.79. The van der Waals surface area contributed by atoms with Crippen LogP contribution in [-0.4, -0.2) is 5.91 Å². The van der Waals surface area contributed by atoms with Gasteiger partial charge in [-0.2, -0.15) is 0 Å². The van der Waals surface area contributed by atoms with E-state index in [1.807, 2.05) is 0 Å². The molecule has 2 aromatic rings. The summed E-state index contributed by atoms with van der Waals surface area (Å²) in [4.78, 5) is 11.7. The number of amides is 1. The molecular weight excluding hydrogens is 295 g/mol. The molecule has 2 rings (SSSR count). The van der Waals surface area contributed by atoms with Gasteiger partial charge >= 0.3 is 0 Å². The molecule has 0 fully saturated rings. The van der Waals surface area contributed by atoms with E-state index in [2.05, 4.69) is 0 Å². The Balaban J connectivity index is 2.43. The van der Waals surface area contributed by atoms with E-state index < -0.39 is 46.2 Å². The maximum atomic E-state index is 13.4. The highest BCUT2D eigenvalue weighted by Gasteiger charge is 2.22. The van der Waals surface area contributed by atoms with Crippen molar-refractivity contribution in [2.45, 2.75) is 0 Å². The molecule has 0 aromatic heterocycles. The van der Waals surface area contributed by atoms with E-state index in [9.17, 15) is 26.7 Å². The van der Waals surface area contributed by atoms with Crippen LogP contribution in [0.4, 0.5) is 33.3 Å². The minimum absolute atomic E-state index is 0.0125. The maximum Gasteiger partial charge on any atom is 0.258 e. The van der Waals surface area contributed by atoms with Gasteiger partial charge in [0, 0.05) is 11.8 Å². The van der Waals surface area contributed by atoms with E-state index in [4.69, 9.17) is 5.73 Å². The number of carbonyl (C=O) groups excluding carboxylic acids is 1. The van der Waals surface area contributed by atoms with E-state index in [-0.39, 0.29) is 11.8 Å². The fraction of sp³-hybridized carbons (Fsp3) is 0. The Bertz CT molecular complexity index is 707. The van der Waals surface area contributed by atoms with E-state index in [0.717, 1.165) is 18.2 Å². The van der Waals surface area contributed by atoms with Crippen LogP contribution in [0.1, 0.15) is 10.4 Å². The second-order valence-corrected chi connectivity index (χ2v) is 4.04. The summed E-state index contributed by atoms with van der Waals surface area (Å²) in [6.07, 6.45) is 0. The van der Waals surface area contributed by atoms with Crippen molar-refractivity contribution >= 4 is 17.3 Å². The molecule has 0 saturated heterocycles. The Labute approximate surface area is 115 Å². The SMILES string of the molecule is Nc1ccc(F)c(C(=O)Nc2c(F)c(F)cc(F)c2F)c1. The predicted octanol–water partition coefficient (Wildman–Crippen LogP) is 3.22. The van der Waals surface area contributed by atoms with Crippen molar-refractivity contribution in [2.75, 3.05) is 11.1 Å². The summed E-state index contributed by atoms with van der Waals surface area (Å²) in [6, 6.07) is 2.93. The molecule has 110 valence electrons. The summed E-state index contributed by atoms with van der Waals surface area (Å²) in [6.45, 7) is 0. The van der Waals surface area contributed by atoms with Crippen molar-refractivity contribution in [2.24, 2.45) is 0 Å². The third-order valence-corrected chi connectivity index (χ3v) is 2.59. The van der Waals surface area contributed by atoms with E-state index in [0.29, 0.717) is 0 Å². The van der Waals surface area contributed by atoms with Crippen molar-refractivity contribution < 1.29 is 26.7 Å². The molecule has 3 nitrogen and oxygen atoms in total. The monoisotopic (exact) mass is 302 g/mol. The lowest BCUT2D eigenvalue weighted by molar-refractivity contribution is 0.102. The number of hydrogen-bond donors (Lipinski definition) is 2. The second-order valence-electron chi connectivity index (χ2n) is 4.04. The normalized spacial score (nSPS) is 10.5. The van der Waals surface area contributed by atoms with Gasteiger partial charge in [0.25, 0.3) is 5.91 Å². The largest absolute Gasteiger partial charge is 0.399 e. The van der Waals surface area contributed by atoms with Gasteiger partial charge in [-0.1, -0.05) is 0 Å². The number of nitrogens with one attached hydrogen (secondary N) is 1. The number of halogens is 5. The molecule has 0 atom stereocenters. The first-order valence-corrected chi connectivity index (χ1v) is 5.50. The highest BCUT2D eigenvalue weighted by molar-refractivity contribution is 6.05. The van der Waals surface area contributed by atoms with Gasteiger partial charge in [0.1, 0.15) is 11.5 Å². The zero-order chi connectivity index (χ0) is 15.7. The smallest absolute Gasteiger partial charge is 0.258 e. The van der Waals surface area contributed by atoms with Crippen LogP contribution in [0.2, 0.25) is 0 Å². The summed E-state index contributed by atoms with van der Waals surface area (Å²) >= 11 is 0. The molecule has 0 aliphatic rings. The molecule has 0 heterocycles. The molecule has 0 bridgehead atoms. The lowest BCUT2D eigenvalue weighted by Crippen LogP contribution is -2.17. The van der Waals surface area contributed by atoms with Crippen LogP contribution >= 0.6 is 0 Å². The molecule has 1 amide bonds. The quantitative estimate of drug-likeness (QED) is 0.508. The predicted molar refractivity (Wildman–Crippen MR) is 65.0 cm³/mol. The molecule has 21 heavy (non-hydrogen) atoms. The van der Waals surface area contributed by atoms with Crippen LogP contribution in [0.3, 0.4) is 0 Å². The molecule has 0 saturated carbocycles. The number of carbonyl (C=O) groups is 1. The first-order chi connectivity index (χ1) is 9.81. The van der Waals surface area contributed by atoms with Gasteiger partial charge in [0.2, 0.25) is 0 Å². The fourth-order valence-electron chi connectivity index (χ4n) is 1.58. The molecule has 0 radical (unpaired) electrons. The van der Waals surface area contributed by atoms with Gasteiger partial charge < -0.3 is 11.1 Å². The lowest BCUT2D eigenvalue weighted by Gasteiger charge is -2.10. The molecule has 0 spiro atoms. The minimum atomic E-state index is -1.80. The van der Waals surface area contributed by atoms with Crippen molar-refractivity contribution in [1.82, 2.24) is 0 Å². The Hall–Kier alpha value is -2.64. The molecule has 3 N–H and O–H groups in total. The average Bonchev–Trinajstić information content (AvgIpc) is 2.43. The highest BCUT2D eigenvalue weighted by atomic mass is 19.2. The van der Waals surface area contributed by atoms with Crippen LogP contribution in [-0.2, 0) is 0 Å². The van der Waals surface area contributed by atoms with Gasteiger partial charge in [0.05, 0.1) is 5.56 Å². The summed E-state index contributed by atoms with van der Waals surface area (Å²) < 4.78 is 66.2. The van der Waals surface area contributed by atoms with Crippen LogP contribution in [0.5, 0.6) is 0 Å². The Morgan fingerprint density at radius 2 is 1.48 bits per heavy atom. The Morgan fingerprint density at radius 1 is 0.905 bits per heavy atom. The van der Waals surface area contributed by atoms with Crippen molar-refractivity contribution in [1.29, 1.82) is 0 Å². The van der Waals surface area contributed by atoms with Crippen molar-refractivity contribution in [3.05, 3.63) is 58.9 Å². The van der Waals surface area contributed by atoms with E-state index >= 15 is 0 Å². The molecule has 0 unspecified atom stereocenters. The number of nitrogens with two attached hydrogens (primary N) is 1. The number of anilines is 2. The highest BCUT2D eigenvalue weighted by Crippen LogP contribution is 2.25. The van der Waals surface area contributed by atoms with Gasteiger partial charge in [-0.15, -0.1) is 0 Å². The zero-order valence-electron chi connectivity index (χ0n) is 10.2. The molecule has 8 heteroatoms. The van der Waals surface area contributed by atoms with Gasteiger partial charge in [-0.3, -0.25) is 4.79 Å². The van der Waals surface area contributed by atoms with Gasteiger partial charge in [0.15, 0.2) is 23.3 Å². The first kappa shape index (κ1) is 14.8. The molecule has 0 aliphatic carbocycles. The molecule has 2 aromatic carbocycles. The molecule has 0 aliphatic heterocycles. The van der Waals surface area contributed by atoms with Crippen LogP contribution in [0, 0.1) is 29.1 Å². The van der Waals surface area contributed by atoms with Gasteiger partial charge in [-0.05, 0) is 18.2 Å². The topological polar surface area (TPSA) is 55.1 Å². The third-order valence-electron chi connectivity index (χ3n) is 2.59. The number of nitrogen functional groups attached to an aromatic ring is 1. The summed E-state index contributed by atoms with van der Waals surface area (Å²) in [5.74, 6) is -9.31. The fourth-order valence-corrected chi connectivity index (χ4v) is 1.58. The zero-order valence-corrected chi connectivity index (χ0v) is 10.2.